The van der Waals surface area contributed by atoms with Gasteiger partial charge in [-0.1, -0.05) is 64.7 Å². The summed E-state index contributed by atoms with van der Waals surface area (Å²) in [6.07, 6.45) is 13.6. The summed E-state index contributed by atoms with van der Waals surface area (Å²) in [5.74, 6) is 1.75. The summed E-state index contributed by atoms with van der Waals surface area (Å²) in [5, 5.41) is 0. The molecule has 0 amide bonds. The van der Waals surface area contributed by atoms with E-state index < -0.39 is 0 Å². The van der Waals surface area contributed by atoms with Crippen LogP contribution in [0.3, 0.4) is 0 Å². The number of halogens is 1. The summed E-state index contributed by atoms with van der Waals surface area (Å²) < 4.78 is 0. The predicted molar refractivity (Wildman–Crippen MR) is 62.0 cm³/mol. The fourth-order valence-electron chi connectivity index (χ4n) is 1.53. The summed E-state index contributed by atoms with van der Waals surface area (Å²) in [6, 6.07) is 0. The lowest BCUT2D eigenvalue weighted by molar-refractivity contribution is 0.565. The van der Waals surface area contributed by atoms with Gasteiger partial charge in [-0.15, -0.1) is 11.6 Å². The van der Waals surface area contributed by atoms with Crippen molar-refractivity contribution in [1.29, 1.82) is 0 Å². The molecule has 0 spiro atoms. The van der Waals surface area contributed by atoms with Gasteiger partial charge in [0.1, 0.15) is 0 Å². The normalized spacial score (nSPS) is 10.6. The average Bonchev–Trinajstić information content (AvgIpc) is 2.16. The molecule has 0 aliphatic heterocycles. The van der Waals surface area contributed by atoms with Gasteiger partial charge in [0.15, 0.2) is 0 Å². The number of unbranched alkanes of at least 4 members (excludes halogenated alkanes) is 9. The standard InChI is InChI=1S/C12H24Cl/c1-2-3-4-5-6-7-8-9-10-11-12-13/h12H,2-11H2,1H3. The van der Waals surface area contributed by atoms with E-state index in [9.17, 15) is 0 Å². The van der Waals surface area contributed by atoms with Crippen LogP contribution < -0.4 is 0 Å². The summed E-state index contributed by atoms with van der Waals surface area (Å²) in [6.45, 7) is 2.27. The zero-order valence-corrected chi connectivity index (χ0v) is 9.78. The molecule has 0 atom stereocenters. The van der Waals surface area contributed by atoms with Crippen LogP contribution in [0.15, 0.2) is 0 Å². The monoisotopic (exact) mass is 203 g/mol. The molecule has 0 unspecified atom stereocenters. The minimum absolute atomic E-state index is 1.08. The summed E-state index contributed by atoms with van der Waals surface area (Å²) in [4.78, 5) is 0. The van der Waals surface area contributed by atoms with Crippen molar-refractivity contribution in [2.24, 2.45) is 0 Å². The summed E-state index contributed by atoms with van der Waals surface area (Å²) in [7, 11) is 0. The first kappa shape index (κ1) is 13.3. The van der Waals surface area contributed by atoms with Gasteiger partial charge in [-0.25, -0.2) is 0 Å². The van der Waals surface area contributed by atoms with Crippen LogP contribution in [-0.2, 0) is 0 Å². The SMILES string of the molecule is CCCCCCCCCCC[CH]Cl. The molecule has 0 saturated heterocycles. The molecule has 0 heterocycles. The van der Waals surface area contributed by atoms with Gasteiger partial charge in [0, 0.05) is 5.88 Å². The Hall–Kier alpha value is 0.290. The first-order chi connectivity index (χ1) is 6.41. The van der Waals surface area contributed by atoms with Crippen molar-refractivity contribution in [3.63, 3.8) is 0 Å². The lowest BCUT2D eigenvalue weighted by Gasteiger charge is -2.00. The Morgan fingerprint density at radius 2 is 1.23 bits per heavy atom. The van der Waals surface area contributed by atoms with E-state index in [-0.39, 0.29) is 0 Å². The maximum atomic E-state index is 5.47. The molecule has 0 N–H and O–H groups in total. The second kappa shape index (κ2) is 12.3. The molecule has 1 heteroatoms. The quantitative estimate of drug-likeness (QED) is 0.423. The largest absolute Gasteiger partial charge is 0.121 e. The Morgan fingerprint density at radius 3 is 1.69 bits per heavy atom. The number of rotatable bonds is 10. The zero-order valence-electron chi connectivity index (χ0n) is 9.03. The Morgan fingerprint density at radius 1 is 0.769 bits per heavy atom. The molecule has 0 rings (SSSR count). The second-order valence-electron chi connectivity index (χ2n) is 3.77. The number of hydrogen-bond acceptors (Lipinski definition) is 0. The molecule has 13 heavy (non-hydrogen) atoms. The third-order valence-corrected chi connectivity index (χ3v) is 2.64. The highest BCUT2D eigenvalue weighted by Crippen LogP contribution is 2.11. The van der Waals surface area contributed by atoms with Crippen molar-refractivity contribution in [3.8, 4) is 0 Å². The van der Waals surface area contributed by atoms with Crippen molar-refractivity contribution in [3.05, 3.63) is 5.88 Å². The van der Waals surface area contributed by atoms with Gasteiger partial charge in [-0.2, -0.15) is 0 Å². The highest BCUT2D eigenvalue weighted by Gasteiger charge is 1.91. The molecule has 1 radical (unpaired) electrons. The third kappa shape index (κ3) is 12.3. The minimum Gasteiger partial charge on any atom is -0.121 e. The smallest absolute Gasteiger partial charge is 0.0499 e. The maximum Gasteiger partial charge on any atom is 0.0499 e. The molecule has 0 aromatic rings. The van der Waals surface area contributed by atoms with Crippen LogP contribution in [0.1, 0.15) is 71.1 Å². The molecule has 0 saturated carbocycles. The van der Waals surface area contributed by atoms with Gasteiger partial charge in [0.05, 0.1) is 0 Å². The first-order valence-electron chi connectivity index (χ1n) is 5.83. The molecule has 0 aromatic heterocycles. The predicted octanol–water partition coefficient (Wildman–Crippen LogP) is 5.31. The molecule has 0 aromatic carbocycles. The first-order valence-corrected chi connectivity index (χ1v) is 6.27. The third-order valence-electron chi connectivity index (χ3n) is 2.42. The van der Waals surface area contributed by atoms with Crippen LogP contribution in [-0.4, -0.2) is 0 Å². The molecule has 0 fully saturated rings. The van der Waals surface area contributed by atoms with E-state index in [1.807, 2.05) is 0 Å². The van der Waals surface area contributed by atoms with Crippen LogP contribution in [0.4, 0.5) is 0 Å². The van der Waals surface area contributed by atoms with Gasteiger partial charge < -0.3 is 0 Å². The zero-order chi connectivity index (χ0) is 9.78. The average molecular weight is 204 g/mol. The summed E-state index contributed by atoms with van der Waals surface area (Å²) >= 11 is 5.47. The molecule has 0 bridgehead atoms. The van der Waals surface area contributed by atoms with Crippen molar-refractivity contribution in [2.75, 3.05) is 0 Å². The maximum absolute atomic E-state index is 5.47. The van der Waals surface area contributed by atoms with Crippen molar-refractivity contribution in [2.45, 2.75) is 71.1 Å². The van der Waals surface area contributed by atoms with Crippen LogP contribution in [0.25, 0.3) is 0 Å². The van der Waals surface area contributed by atoms with Gasteiger partial charge in [0.2, 0.25) is 0 Å². The topological polar surface area (TPSA) is 0 Å². The van der Waals surface area contributed by atoms with Gasteiger partial charge >= 0.3 is 0 Å². The van der Waals surface area contributed by atoms with E-state index in [0.717, 1.165) is 6.42 Å². The van der Waals surface area contributed by atoms with Crippen LogP contribution in [0.5, 0.6) is 0 Å². The van der Waals surface area contributed by atoms with Gasteiger partial charge in [-0.3, -0.25) is 0 Å². The molecule has 79 valence electrons. The minimum atomic E-state index is 1.08. The fourth-order valence-corrected chi connectivity index (χ4v) is 1.69. The lowest BCUT2D eigenvalue weighted by atomic mass is 10.1. The number of hydrogen-bond donors (Lipinski definition) is 0. The highest BCUT2D eigenvalue weighted by molar-refractivity contribution is 6.23. The van der Waals surface area contributed by atoms with E-state index >= 15 is 0 Å². The molecule has 0 aliphatic carbocycles. The Labute approximate surface area is 89.1 Å². The Bertz CT molecular complexity index is 71.2. The van der Waals surface area contributed by atoms with E-state index in [2.05, 4.69) is 6.92 Å². The van der Waals surface area contributed by atoms with E-state index in [1.54, 1.807) is 5.88 Å². The van der Waals surface area contributed by atoms with Crippen LogP contribution in [0.2, 0.25) is 0 Å². The highest BCUT2D eigenvalue weighted by atomic mass is 35.5. The van der Waals surface area contributed by atoms with Crippen molar-refractivity contribution >= 4 is 11.6 Å². The van der Waals surface area contributed by atoms with Crippen LogP contribution in [0, 0.1) is 5.88 Å². The van der Waals surface area contributed by atoms with Crippen molar-refractivity contribution < 1.29 is 0 Å². The molecular formula is C12H24Cl. The lowest BCUT2D eigenvalue weighted by Crippen LogP contribution is -1.80. The summed E-state index contributed by atoms with van der Waals surface area (Å²) in [5.41, 5.74) is 0. The molecule has 0 aliphatic rings. The Balaban J connectivity index is 2.76. The van der Waals surface area contributed by atoms with E-state index in [0.29, 0.717) is 0 Å². The Kier molecular flexibility index (Phi) is 12.6. The van der Waals surface area contributed by atoms with E-state index in [4.69, 9.17) is 11.6 Å². The second-order valence-corrected chi connectivity index (χ2v) is 4.08. The van der Waals surface area contributed by atoms with Gasteiger partial charge in [0.25, 0.3) is 0 Å². The fraction of sp³-hybridized carbons (Fsp3) is 0.917. The molecular weight excluding hydrogens is 180 g/mol. The van der Waals surface area contributed by atoms with E-state index in [1.165, 1.54) is 57.8 Å². The van der Waals surface area contributed by atoms with Gasteiger partial charge in [-0.05, 0) is 6.42 Å². The molecule has 0 nitrogen and oxygen atoms in total. The van der Waals surface area contributed by atoms with Crippen LogP contribution >= 0.6 is 11.6 Å². The van der Waals surface area contributed by atoms with Crippen molar-refractivity contribution in [1.82, 2.24) is 0 Å².